The molecule has 0 saturated carbocycles. The van der Waals surface area contributed by atoms with Crippen LogP contribution in [0.4, 0.5) is 5.69 Å². The predicted molar refractivity (Wildman–Crippen MR) is 95.4 cm³/mol. The molecule has 0 spiro atoms. The molecule has 1 aliphatic heterocycles. The molecule has 2 aromatic heterocycles. The fraction of sp³-hybridized carbons (Fsp3) is 0.421. The molecule has 0 bridgehead atoms. The van der Waals surface area contributed by atoms with Crippen LogP contribution in [0.25, 0.3) is 0 Å². The molecule has 3 rings (SSSR count). The van der Waals surface area contributed by atoms with Gasteiger partial charge in [-0.3, -0.25) is 14.8 Å². The second kappa shape index (κ2) is 6.99. The largest absolute Gasteiger partial charge is 0.369 e. The van der Waals surface area contributed by atoms with Crippen LogP contribution < -0.4 is 4.90 Å². The number of aromatic nitrogens is 2. The molecule has 0 radical (unpaired) electrons. The van der Waals surface area contributed by atoms with Gasteiger partial charge in [0.1, 0.15) is 0 Å². The van der Waals surface area contributed by atoms with E-state index < -0.39 is 0 Å². The SMILES string of the molecule is Cc1cc(C(=O)N2CCCN(c3ccncc3C)CC2)cc(C)n1. The summed E-state index contributed by atoms with van der Waals surface area (Å²) in [4.78, 5) is 25.7. The Morgan fingerprint density at radius 1 is 1.04 bits per heavy atom. The smallest absolute Gasteiger partial charge is 0.254 e. The van der Waals surface area contributed by atoms with Crippen molar-refractivity contribution < 1.29 is 4.79 Å². The molecule has 126 valence electrons. The molecule has 0 N–H and O–H groups in total. The molecule has 0 unspecified atom stereocenters. The van der Waals surface area contributed by atoms with Crippen LogP contribution in [0.2, 0.25) is 0 Å². The van der Waals surface area contributed by atoms with Crippen LogP contribution in [0.1, 0.15) is 33.7 Å². The van der Waals surface area contributed by atoms with E-state index in [1.165, 1.54) is 11.3 Å². The lowest BCUT2D eigenvalue weighted by atomic mass is 10.1. The van der Waals surface area contributed by atoms with Gasteiger partial charge in [0, 0.05) is 61.2 Å². The topological polar surface area (TPSA) is 49.3 Å². The van der Waals surface area contributed by atoms with Gasteiger partial charge in [0.2, 0.25) is 0 Å². The van der Waals surface area contributed by atoms with Crippen LogP contribution in [-0.2, 0) is 0 Å². The molecule has 0 atom stereocenters. The Morgan fingerprint density at radius 3 is 2.50 bits per heavy atom. The Labute approximate surface area is 143 Å². The summed E-state index contributed by atoms with van der Waals surface area (Å²) in [7, 11) is 0. The molecule has 0 aliphatic carbocycles. The second-order valence-electron chi connectivity index (χ2n) is 6.43. The number of carbonyl (C=O) groups is 1. The average Bonchev–Trinajstić information content (AvgIpc) is 2.79. The molecule has 1 fully saturated rings. The Hall–Kier alpha value is -2.43. The number of pyridine rings is 2. The van der Waals surface area contributed by atoms with Crippen LogP contribution in [0.15, 0.2) is 30.6 Å². The van der Waals surface area contributed by atoms with Gasteiger partial charge in [-0.05, 0) is 51.0 Å². The highest BCUT2D eigenvalue weighted by molar-refractivity contribution is 5.94. The van der Waals surface area contributed by atoms with E-state index in [4.69, 9.17) is 0 Å². The summed E-state index contributed by atoms with van der Waals surface area (Å²) in [6.07, 6.45) is 4.70. The van der Waals surface area contributed by atoms with Crippen LogP contribution >= 0.6 is 0 Å². The third kappa shape index (κ3) is 3.55. The Balaban J connectivity index is 1.73. The second-order valence-corrected chi connectivity index (χ2v) is 6.43. The highest BCUT2D eigenvalue weighted by Crippen LogP contribution is 2.20. The summed E-state index contributed by atoms with van der Waals surface area (Å²) in [5.74, 6) is 0.108. The van der Waals surface area contributed by atoms with E-state index in [2.05, 4.69) is 27.9 Å². The lowest BCUT2D eigenvalue weighted by molar-refractivity contribution is 0.0766. The highest BCUT2D eigenvalue weighted by atomic mass is 16.2. The van der Waals surface area contributed by atoms with Gasteiger partial charge < -0.3 is 9.80 Å². The van der Waals surface area contributed by atoms with Crippen molar-refractivity contribution in [2.24, 2.45) is 0 Å². The van der Waals surface area contributed by atoms with Gasteiger partial charge in [-0.2, -0.15) is 0 Å². The van der Waals surface area contributed by atoms with E-state index in [-0.39, 0.29) is 5.91 Å². The van der Waals surface area contributed by atoms with Crippen molar-refractivity contribution in [2.75, 3.05) is 31.1 Å². The van der Waals surface area contributed by atoms with Gasteiger partial charge in [0.05, 0.1) is 0 Å². The van der Waals surface area contributed by atoms with Crippen molar-refractivity contribution in [1.82, 2.24) is 14.9 Å². The molecular weight excluding hydrogens is 300 g/mol. The summed E-state index contributed by atoms with van der Waals surface area (Å²) in [5, 5.41) is 0. The number of hydrogen-bond donors (Lipinski definition) is 0. The van der Waals surface area contributed by atoms with Gasteiger partial charge in [0.25, 0.3) is 5.91 Å². The molecule has 5 heteroatoms. The number of anilines is 1. The number of nitrogens with zero attached hydrogens (tertiary/aromatic N) is 4. The summed E-state index contributed by atoms with van der Waals surface area (Å²) >= 11 is 0. The minimum atomic E-state index is 0.108. The fourth-order valence-corrected chi connectivity index (χ4v) is 3.32. The van der Waals surface area contributed by atoms with Crippen LogP contribution in [0.5, 0.6) is 0 Å². The summed E-state index contributed by atoms with van der Waals surface area (Å²) < 4.78 is 0. The quantitative estimate of drug-likeness (QED) is 0.852. The van der Waals surface area contributed by atoms with Gasteiger partial charge >= 0.3 is 0 Å². The Bertz CT molecular complexity index is 724. The minimum absolute atomic E-state index is 0.108. The first-order chi connectivity index (χ1) is 11.5. The zero-order valence-electron chi connectivity index (χ0n) is 14.6. The number of carbonyl (C=O) groups excluding carboxylic acids is 1. The van der Waals surface area contributed by atoms with Crippen molar-refractivity contribution in [3.8, 4) is 0 Å². The highest BCUT2D eigenvalue weighted by Gasteiger charge is 2.21. The maximum atomic E-state index is 12.8. The van der Waals surface area contributed by atoms with E-state index in [9.17, 15) is 4.79 Å². The van der Waals surface area contributed by atoms with Crippen LogP contribution in [0.3, 0.4) is 0 Å². The summed E-state index contributed by atoms with van der Waals surface area (Å²) in [5.41, 5.74) is 4.92. The van der Waals surface area contributed by atoms with Crippen molar-refractivity contribution in [3.63, 3.8) is 0 Å². The van der Waals surface area contributed by atoms with Crippen LogP contribution in [-0.4, -0.2) is 47.0 Å². The first-order valence-electron chi connectivity index (χ1n) is 8.45. The van der Waals surface area contributed by atoms with E-state index in [0.717, 1.165) is 49.6 Å². The first-order valence-corrected chi connectivity index (χ1v) is 8.45. The van der Waals surface area contributed by atoms with Crippen molar-refractivity contribution in [3.05, 3.63) is 53.1 Å². The van der Waals surface area contributed by atoms with Crippen molar-refractivity contribution >= 4 is 11.6 Å². The van der Waals surface area contributed by atoms with Gasteiger partial charge in [-0.1, -0.05) is 0 Å². The number of aryl methyl sites for hydroxylation is 3. The summed E-state index contributed by atoms with van der Waals surface area (Å²) in [6, 6.07) is 5.82. The molecular formula is C19H24N4O. The fourth-order valence-electron chi connectivity index (χ4n) is 3.32. The van der Waals surface area contributed by atoms with Gasteiger partial charge in [-0.25, -0.2) is 0 Å². The summed E-state index contributed by atoms with van der Waals surface area (Å²) in [6.45, 7) is 9.28. The molecule has 1 saturated heterocycles. The van der Waals surface area contributed by atoms with Gasteiger partial charge in [0.15, 0.2) is 0 Å². The van der Waals surface area contributed by atoms with Crippen molar-refractivity contribution in [1.29, 1.82) is 0 Å². The predicted octanol–water partition coefficient (Wildman–Crippen LogP) is 2.75. The van der Waals surface area contributed by atoms with Gasteiger partial charge in [-0.15, -0.1) is 0 Å². The van der Waals surface area contributed by atoms with Crippen molar-refractivity contribution in [2.45, 2.75) is 27.2 Å². The van der Waals surface area contributed by atoms with Crippen LogP contribution in [0, 0.1) is 20.8 Å². The standard InChI is InChI=1S/C19H24N4O/c1-14-13-20-6-5-18(14)22-7-4-8-23(10-9-22)19(24)17-11-15(2)21-16(3)12-17/h5-6,11-13H,4,7-10H2,1-3H3. The van der Waals surface area contributed by atoms with E-state index in [1.807, 2.05) is 43.3 Å². The van der Waals surface area contributed by atoms with E-state index in [0.29, 0.717) is 0 Å². The normalized spacial score (nSPS) is 15.3. The third-order valence-electron chi connectivity index (χ3n) is 4.44. The van der Waals surface area contributed by atoms with E-state index in [1.54, 1.807) is 0 Å². The third-order valence-corrected chi connectivity index (χ3v) is 4.44. The molecule has 1 amide bonds. The average molecular weight is 324 g/mol. The van der Waals surface area contributed by atoms with E-state index >= 15 is 0 Å². The maximum Gasteiger partial charge on any atom is 0.254 e. The number of rotatable bonds is 2. The molecule has 24 heavy (non-hydrogen) atoms. The lowest BCUT2D eigenvalue weighted by Gasteiger charge is -2.25. The zero-order valence-corrected chi connectivity index (χ0v) is 14.6. The maximum absolute atomic E-state index is 12.8. The lowest BCUT2D eigenvalue weighted by Crippen LogP contribution is -2.35. The Morgan fingerprint density at radius 2 is 1.79 bits per heavy atom. The number of amides is 1. The number of hydrogen-bond acceptors (Lipinski definition) is 4. The molecule has 1 aliphatic rings. The minimum Gasteiger partial charge on any atom is -0.369 e. The monoisotopic (exact) mass is 324 g/mol. The molecule has 0 aromatic carbocycles. The molecule has 2 aromatic rings. The first kappa shape index (κ1) is 16.4. The zero-order chi connectivity index (χ0) is 17.1. The Kier molecular flexibility index (Phi) is 4.79. The molecule has 5 nitrogen and oxygen atoms in total. The molecule has 3 heterocycles.